The molecule has 0 aliphatic carbocycles. The molecular weight excluding hydrogens is 234 g/mol. The molecule has 5 heteroatoms. The maximum absolute atomic E-state index is 11.9. The third-order valence-electron chi connectivity index (χ3n) is 3.02. The van der Waals surface area contributed by atoms with E-state index in [1.165, 1.54) is 19.1 Å². The number of amides is 1. The molecule has 2 unspecified atom stereocenters. The number of aromatic hydroxyl groups is 1. The Kier molecular flexibility index (Phi) is 4.31. The van der Waals surface area contributed by atoms with Crippen LogP contribution in [0.25, 0.3) is 0 Å². The van der Waals surface area contributed by atoms with E-state index in [1.54, 1.807) is 19.9 Å². The summed E-state index contributed by atoms with van der Waals surface area (Å²) in [5.41, 5.74) is 1.29. The average molecular weight is 251 g/mol. The van der Waals surface area contributed by atoms with Crippen molar-refractivity contribution in [2.45, 2.75) is 20.8 Å². The predicted octanol–water partition coefficient (Wildman–Crippen LogP) is 2.00. The molecule has 0 saturated heterocycles. The highest BCUT2D eigenvalue weighted by atomic mass is 16.4. The summed E-state index contributed by atoms with van der Waals surface area (Å²) >= 11 is 0. The number of phenols is 1. The highest BCUT2D eigenvalue weighted by Crippen LogP contribution is 2.22. The minimum absolute atomic E-state index is 0.123. The van der Waals surface area contributed by atoms with Crippen molar-refractivity contribution >= 4 is 17.6 Å². The number of aliphatic carboxylic acids is 1. The molecule has 98 valence electrons. The highest BCUT2D eigenvalue weighted by Gasteiger charge is 2.25. The first-order chi connectivity index (χ1) is 8.32. The number of carbonyl (C=O) groups excluding carboxylic acids is 1. The summed E-state index contributed by atoms with van der Waals surface area (Å²) in [5, 5.41) is 20.8. The number of nitrogens with one attached hydrogen (secondary N) is 1. The van der Waals surface area contributed by atoms with Crippen LogP contribution in [0.2, 0.25) is 0 Å². The van der Waals surface area contributed by atoms with Crippen LogP contribution >= 0.6 is 0 Å². The molecule has 0 radical (unpaired) electrons. The van der Waals surface area contributed by atoms with Gasteiger partial charge in [0.05, 0.1) is 5.92 Å². The number of aryl methyl sites for hydroxylation is 1. The lowest BCUT2D eigenvalue weighted by atomic mass is 9.95. The number of phenolic OH excluding ortho intramolecular Hbond substituents is 1. The number of carboxylic acid groups (broad SMARTS) is 1. The lowest BCUT2D eigenvalue weighted by molar-refractivity contribution is -0.145. The SMILES string of the molecule is Cc1cc(O)ccc1NC(=O)C(C)C(C)C(=O)O. The zero-order chi connectivity index (χ0) is 13.9. The number of carboxylic acids is 1. The fourth-order valence-electron chi connectivity index (χ4n) is 1.48. The van der Waals surface area contributed by atoms with Crippen LogP contribution in [0.3, 0.4) is 0 Å². The Morgan fingerprint density at radius 1 is 1.22 bits per heavy atom. The molecule has 0 bridgehead atoms. The molecule has 1 aromatic carbocycles. The molecule has 1 aromatic rings. The van der Waals surface area contributed by atoms with Crippen LogP contribution in [0, 0.1) is 18.8 Å². The number of hydrogen-bond acceptors (Lipinski definition) is 3. The molecule has 1 rings (SSSR count). The summed E-state index contributed by atoms with van der Waals surface area (Å²) in [6, 6.07) is 4.58. The molecule has 0 fully saturated rings. The van der Waals surface area contributed by atoms with Crippen LogP contribution < -0.4 is 5.32 Å². The number of benzene rings is 1. The summed E-state index contributed by atoms with van der Waals surface area (Å²) < 4.78 is 0. The van der Waals surface area contributed by atoms with Crippen molar-refractivity contribution in [3.63, 3.8) is 0 Å². The van der Waals surface area contributed by atoms with Gasteiger partial charge in [-0.1, -0.05) is 13.8 Å². The summed E-state index contributed by atoms with van der Waals surface area (Å²) in [6.45, 7) is 4.82. The van der Waals surface area contributed by atoms with Gasteiger partial charge < -0.3 is 15.5 Å². The van der Waals surface area contributed by atoms with Crippen LogP contribution in [0.15, 0.2) is 18.2 Å². The molecule has 0 aliphatic rings. The van der Waals surface area contributed by atoms with E-state index in [1.807, 2.05) is 0 Å². The van der Waals surface area contributed by atoms with Gasteiger partial charge in [0.25, 0.3) is 0 Å². The minimum Gasteiger partial charge on any atom is -0.508 e. The van der Waals surface area contributed by atoms with Gasteiger partial charge in [-0.05, 0) is 30.7 Å². The van der Waals surface area contributed by atoms with Gasteiger partial charge in [-0.2, -0.15) is 0 Å². The second-order valence-electron chi connectivity index (χ2n) is 4.40. The first-order valence-corrected chi connectivity index (χ1v) is 5.66. The lowest BCUT2D eigenvalue weighted by Gasteiger charge is -2.16. The lowest BCUT2D eigenvalue weighted by Crippen LogP contribution is -2.30. The Balaban J connectivity index is 2.78. The standard InChI is InChI=1S/C13H17NO4/c1-7-6-10(15)4-5-11(7)14-12(16)8(2)9(3)13(17)18/h4-6,8-9,15H,1-3H3,(H,14,16)(H,17,18). The van der Waals surface area contributed by atoms with Gasteiger partial charge in [-0.15, -0.1) is 0 Å². The van der Waals surface area contributed by atoms with Crippen molar-refractivity contribution < 1.29 is 19.8 Å². The van der Waals surface area contributed by atoms with E-state index in [4.69, 9.17) is 5.11 Å². The van der Waals surface area contributed by atoms with Gasteiger partial charge in [-0.3, -0.25) is 9.59 Å². The number of anilines is 1. The number of rotatable bonds is 4. The van der Waals surface area contributed by atoms with Gasteiger partial charge in [0.2, 0.25) is 5.91 Å². The van der Waals surface area contributed by atoms with Gasteiger partial charge in [0, 0.05) is 11.6 Å². The molecule has 3 N–H and O–H groups in total. The monoisotopic (exact) mass is 251 g/mol. The van der Waals surface area contributed by atoms with Crippen LogP contribution in [-0.2, 0) is 9.59 Å². The van der Waals surface area contributed by atoms with Crippen molar-refractivity contribution in [2.24, 2.45) is 11.8 Å². The maximum Gasteiger partial charge on any atom is 0.307 e. The Bertz CT molecular complexity index is 470. The van der Waals surface area contributed by atoms with Crippen LogP contribution in [0.5, 0.6) is 5.75 Å². The normalized spacial score (nSPS) is 13.7. The van der Waals surface area contributed by atoms with E-state index in [0.29, 0.717) is 5.69 Å². The molecule has 0 aromatic heterocycles. The zero-order valence-electron chi connectivity index (χ0n) is 10.6. The minimum atomic E-state index is -1.000. The average Bonchev–Trinajstić information content (AvgIpc) is 2.30. The fourth-order valence-corrected chi connectivity index (χ4v) is 1.48. The van der Waals surface area contributed by atoms with Crippen LogP contribution in [0.4, 0.5) is 5.69 Å². The molecule has 0 spiro atoms. The van der Waals surface area contributed by atoms with Crippen molar-refractivity contribution in [2.75, 3.05) is 5.32 Å². The van der Waals surface area contributed by atoms with Gasteiger partial charge in [0.15, 0.2) is 0 Å². The summed E-state index contributed by atoms with van der Waals surface area (Å²) in [7, 11) is 0. The van der Waals surface area contributed by atoms with E-state index in [-0.39, 0.29) is 11.7 Å². The molecule has 18 heavy (non-hydrogen) atoms. The van der Waals surface area contributed by atoms with Gasteiger partial charge in [-0.25, -0.2) is 0 Å². The second-order valence-corrected chi connectivity index (χ2v) is 4.40. The summed E-state index contributed by atoms with van der Waals surface area (Å²) in [5.74, 6) is -2.60. The Morgan fingerprint density at radius 2 is 1.83 bits per heavy atom. The molecule has 2 atom stereocenters. The third kappa shape index (κ3) is 3.23. The van der Waals surface area contributed by atoms with Crippen molar-refractivity contribution in [1.29, 1.82) is 0 Å². The molecular formula is C13H17NO4. The Labute approximate surface area is 105 Å². The molecule has 0 heterocycles. The second kappa shape index (κ2) is 5.53. The first-order valence-electron chi connectivity index (χ1n) is 5.66. The largest absolute Gasteiger partial charge is 0.508 e. The predicted molar refractivity (Wildman–Crippen MR) is 67.4 cm³/mol. The highest BCUT2D eigenvalue weighted by molar-refractivity contribution is 5.95. The molecule has 1 amide bonds. The number of hydrogen-bond donors (Lipinski definition) is 3. The molecule has 5 nitrogen and oxygen atoms in total. The first kappa shape index (κ1) is 14.0. The summed E-state index contributed by atoms with van der Waals surface area (Å²) in [4.78, 5) is 22.7. The summed E-state index contributed by atoms with van der Waals surface area (Å²) in [6.07, 6.45) is 0. The van der Waals surface area contributed by atoms with Gasteiger partial charge >= 0.3 is 5.97 Å². The van der Waals surface area contributed by atoms with Crippen molar-refractivity contribution in [3.8, 4) is 5.75 Å². The smallest absolute Gasteiger partial charge is 0.307 e. The molecule has 0 saturated carbocycles. The number of carbonyl (C=O) groups is 2. The van der Waals surface area contributed by atoms with E-state index in [2.05, 4.69) is 5.32 Å². The van der Waals surface area contributed by atoms with Gasteiger partial charge in [0.1, 0.15) is 5.75 Å². The van der Waals surface area contributed by atoms with E-state index in [9.17, 15) is 14.7 Å². The molecule has 0 aliphatic heterocycles. The van der Waals surface area contributed by atoms with Crippen LogP contribution in [-0.4, -0.2) is 22.1 Å². The quantitative estimate of drug-likeness (QED) is 0.714. The Morgan fingerprint density at radius 3 is 2.33 bits per heavy atom. The van der Waals surface area contributed by atoms with Crippen molar-refractivity contribution in [3.05, 3.63) is 23.8 Å². The zero-order valence-corrected chi connectivity index (χ0v) is 10.6. The van der Waals surface area contributed by atoms with E-state index in [0.717, 1.165) is 5.56 Å². The van der Waals surface area contributed by atoms with E-state index >= 15 is 0 Å². The van der Waals surface area contributed by atoms with Crippen LogP contribution in [0.1, 0.15) is 19.4 Å². The maximum atomic E-state index is 11.9. The van der Waals surface area contributed by atoms with Crippen molar-refractivity contribution in [1.82, 2.24) is 0 Å². The topological polar surface area (TPSA) is 86.6 Å². The fraction of sp³-hybridized carbons (Fsp3) is 0.385. The Hall–Kier alpha value is -2.04. The van der Waals surface area contributed by atoms with E-state index < -0.39 is 17.8 Å². The third-order valence-corrected chi connectivity index (χ3v) is 3.02.